The van der Waals surface area contributed by atoms with E-state index < -0.39 is 12.0 Å². The second-order valence-corrected chi connectivity index (χ2v) is 6.44. The van der Waals surface area contributed by atoms with Gasteiger partial charge in [0.2, 0.25) is 5.91 Å². The fourth-order valence-corrected chi connectivity index (χ4v) is 3.49. The molecule has 114 valence electrons. The van der Waals surface area contributed by atoms with Crippen molar-refractivity contribution in [3.05, 3.63) is 29.8 Å². The third-order valence-corrected chi connectivity index (χ3v) is 4.84. The molecule has 3 N–H and O–H groups in total. The maximum absolute atomic E-state index is 12.1. The van der Waals surface area contributed by atoms with Gasteiger partial charge in [-0.15, -0.1) is 11.8 Å². The number of phenols is 1. The van der Waals surface area contributed by atoms with Crippen LogP contribution < -0.4 is 5.32 Å². The van der Waals surface area contributed by atoms with Gasteiger partial charge in [0.15, 0.2) is 0 Å². The summed E-state index contributed by atoms with van der Waals surface area (Å²) in [6.07, 6.45) is 3.14. The molecular formula is C15H19NO4S. The molecule has 1 aliphatic heterocycles. The maximum atomic E-state index is 12.1. The summed E-state index contributed by atoms with van der Waals surface area (Å²) in [6.45, 7) is 0. The van der Waals surface area contributed by atoms with Gasteiger partial charge in [0.1, 0.15) is 11.8 Å². The number of carboxylic acid groups (broad SMARTS) is 1. The van der Waals surface area contributed by atoms with Crippen molar-refractivity contribution >= 4 is 23.6 Å². The van der Waals surface area contributed by atoms with E-state index in [9.17, 15) is 19.8 Å². The number of hydrogen-bond acceptors (Lipinski definition) is 4. The predicted octanol–water partition coefficient (Wildman–Crippen LogP) is 1.79. The molecule has 0 spiro atoms. The van der Waals surface area contributed by atoms with Gasteiger partial charge in [-0.2, -0.15) is 0 Å². The molecule has 2 rings (SSSR count). The molecule has 1 aliphatic rings. The summed E-state index contributed by atoms with van der Waals surface area (Å²) < 4.78 is 0. The van der Waals surface area contributed by atoms with Gasteiger partial charge in [-0.25, -0.2) is 4.79 Å². The molecule has 1 amide bonds. The minimum atomic E-state index is -1.04. The van der Waals surface area contributed by atoms with Crippen molar-refractivity contribution in [2.24, 2.45) is 0 Å². The molecule has 6 heteroatoms. The average Bonchev–Trinajstić information content (AvgIpc) is 2.49. The number of benzene rings is 1. The van der Waals surface area contributed by atoms with Crippen LogP contribution in [-0.2, 0) is 16.0 Å². The largest absolute Gasteiger partial charge is 0.508 e. The van der Waals surface area contributed by atoms with Gasteiger partial charge in [0.05, 0.1) is 5.25 Å². The number of aliphatic carboxylic acids is 1. The lowest BCUT2D eigenvalue weighted by Gasteiger charge is -2.23. The van der Waals surface area contributed by atoms with E-state index in [1.165, 1.54) is 12.1 Å². The van der Waals surface area contributed by atoms with E-state index in [4.69, 9.17) is 0 Å². The molecule has 21 heavy (non-hydrogen) atoms. The third-order valence-electron chi connectivity index (χ3n) is 3.46. The van der Waals surface area contributed by atoms with Crippen molar-refractivity contribution in [3.8, 4) is 5.75 Å². The molecular weight excluding hydrogens is 290 g/mol. The fourth-order valence-electron chi connectivity index (χ4n) is 2.28. The first kappa shape index (κ1) is 15.7. The molecule has 0 aliphatic carbocycles. The van der Waals surface area contributed by atoms with E-state index in [1.54, 1.807) is 23.9 Å². The number of amides is 1. The molecule has 5 nitrogen and oxygen atoms in total. The van der Waals surface area contributed by atoms with Crippen LogP contribution >= 0.6 is 11.8 Å². The second kappa shape index (κ2) is 7.36. The molecule has 1 aromatic rings. The first-order valence-corrected chi connectivity index (χ1v) is 8.04. The average molecular weight is 309 g/mol. The Labute approximate surface area is 127 Å². The number of carbonyl (C=O) groups excluding carboxylic acids is 1. The van der Waals surface area contributed by atoms with Crippen LogP contribution in [0.3, 0.4) is 0 Å². The zero-order chi connectivity index (χ0) is 15.2. The first-order valence-electron chi connectivity index (χ1n) is 6.99. The van der Waals surface area contributed by atoms with Crippen LogP contribution in [0.5, 0.6) is 5.75 Å². The molecule has 0 bridgehead atoms. The number of aromatic hydroxyl groups is 1. The van der Waals surface area contributed by atoms with E-state index in [0.717, 1.165) is 30.6 Å². The lowest BCUT2D eigenvalue weighted by molar-refractivity contribution is -0.141. The quantitative estimate of drug-likeness (QED) is 0.772. The van der Waals surface area contributed by atoms with Crippen molar-refractivity contribution in [3.63, 3.8) is 0 Å². The number of hydrogen-bond donors (Lipinski definition) is 3. The fraction of sp³-hybridized carbons (Fsp3) is 0.467. The summed E-state index contributed by atoms with van der Waals surface area (Å²) in [5.41, 5.74) is 0.761. The molecule has 0 radical (unpaired) electrons. The Bertz CT molecular complexity index is 497. The number of carbonyl (C=O) groups is 2. The minimum Gasteiger partial charge on any atom is -0.508 e. The molecule has 2 unspecified atom stereocenters. The van der Waals surface area contributed by atoms with Crippen molar-refractivity contribution in [2.45, 2.75) is 37.0 Å². The standard InChI is InChI=1S/C15H19NO4S/c17-11-6-4-10(5-7-11)9-12(15(19)20)16-14(18)13-3-1-2-8-21-13/h4-7,12-13,17H,1-3,8-9H2,(H,16,18)(H,19,20). The van der Waals surface area contributed by atoms with Gasteiger partial charge in [0, 0.05) is 6.42 Å². The number of thioether (sulfide) groups is 1. The van der Waals surface area contributed by atoms with Crippen molar-refractivity contribution in [1.29, 1.82) is 0 Å². The summed E-state index contributed by atoms with van der Waals surface area (Å²) in [6, 6.07) is 5.39. The van der Waals surface area contributed by atoms with Crippen LogP contribution in [0.4, 0.5) is 0 Å². The monoisotopic (exact) mass is 309 g/mol. The van der Waals surface area contributed by atoms with Crippen molar-refractivity contribution in [1.82, 2.24) is 5.32 Å². The van der Waals surface area contributed by atoms with E-state index in [-0.39, 0.29) is 23.3 Å². The van der Waals surface area contributed by atoms with E-state index >= 15 is 0 Å². The molecule has 1 heterocycles. The lowest BCUT2D eigenvalue weighted by atomic mass is 10.1. The molecule has 2 atom stereocenters. The smallest absolute Gasteiger partial charge is 0.326 e. The van der Waals surface area contributed by atoms with Crippen LogP contribution in [0.1, 0.15) is 24.8 Å². The van der Waals surface area contributed by atoms with Gasteiger partial charge >= 0.3 is 5.97 Å². The zero-order valence-corrected chi connectivity index (χ0v) is 12.4. The first-order chi connectivity index (χ1) is 10.1. The van der Waals surface area contributed by atoms with Crippen LogP contribution in [0, 0.1) is 0 Å². The highest BCUT2D eigenvalue weighted by atomic mass is 32.2. The Morgan fingerprint density at radius 3 is 2.57 bits per heavy atom. The van der Waals surface area contributed by atoms with Gasteiger partial charge in [-0.1, -0.05) is 18.6 Å². The van der Waals surface area contributed by atoms with E-state index in [1.807, 2.05) is 0 Å². The second-order valence-electron chi connectivity index (χ2n) is 5.13. The highest BCUT2D eigenvalue weighted by molar-refractivity contribution is 8.00. The normalized spacial score (nSPS) is 19.7. The van der Waals surface area contributed by atoms with Crippen molar-refractivity contribution in [2.75, 3.05) is 5.75 Å². The topological polar surface area (TPSA) is 86.6 Å². The lowest BCUT2D eigenvalue weighted by Crippen LogP contribution is -2.46. The number of phenolic OH excluding ortho intramolecular Hbond substituents is 1. The predicted molar refractivity (Wildman–Crippen MR) is 81.5 cm³/mol. The highest BCUT2D eigenvalue weighted by Crippen LogP contribution is 2.25. The number of rotatable bonds is 5. The summed E-state index contributed by atoms with van der Waals surface area (Å²) in [7, 11) is 0. The summed E-state index contributed by atoms with van der Waals surface area (Å²) in [4.78, 5) is 23.4. The van der Waals surface area contributed by atoms with Gasteiger partial charge in [-0.05, 0) is 36.3 Å². The third kappa shape index (κ3) is 4.67. The summed E-state index contributed by atoms with van der Waals surface area (Å²) in [5, 5.41) is 21.0. The van der Waals surface area contributed by atoms with Gasteiger partial charge < -0.3 is 15.5 Å². The van der Waals surface area contributed by atoms with Crippen molar-refractivity contribution < 1.29 is 19.8 Å². The van der Waals surface area contributed by atoms with E-state index in [0.29, 0.717) is 0 Å². The highest BCUT2D eigenvalue weighted by Gasteiger charge is 2.27. The molecule has 1 saturated heterocycles. The Kier molecular flexibility index (Phi) is 5.50. The van der Waals surface area contributed by atoms with Gasteiger partial charge in [0.25, 0.3) is 0 Å². The van der Waals surface area contributed by atoms with E-state index in [2.05, 4.69) is 5.32 Å². The van der Waals surface area contributed by atoms with Crippen LogP contribution in [0.15, 0.2) is 24.3 Å². The van der Waals surface area contributed by atoms with Gasteiger partial charge in [-0.3, -0.25) is 4.79 Å². The summed E-state index contributed by atoms with van der Waals surface area (Å²) >= 11 is 1.60. The molecule has 1 fully saturated rings. The number of nitrogens with one attached hydrogen (secondary N) is 1. The Balaban J connectivity index is 1.96. The number of carboxylic acids is 1. The maximum Gasteiger partial charge on any atom is 0.326 e. The van der Waals surface area contributed by atoms with Crippen LogP contribution in [0.25, 0.3) is 0 Å². The zero-order valence-electron chi connectivity index (χ0n) is 11.6. The Morgan fingerprint density at radius 2 is 2.00 bits per heavy atom. The molecule has 0 saturated carbocycles. The SMILES string of the molecule is O=C(O)C(Cc1ccc(O)cc1)NC(=O)C1CCCCS1. The molecule has 0 aromatic heterocycles. The van der Waals surface area contributed by atoms with Crippen LogP contribution in [0.2, 0.25) is 0 Å². The summed E-state index contributed by atoms with van der Waals surface area (Å²) in [5.74, 6) is -0.148. The Hall–Kier alpha value is -1.69. The van der Waals surface area contributed by atoms with Crippen LogP contribution in [-0.4, -0.2) is 39.1 Å². The minimum absolute atomic E-state index is 0.133. The Morgan fingerprint density at radius 1 is 1.29 bits per heavy atom. The molecule has 1 aromatic carbocycles.